The summed E-state index contributed by atoms with van der Waals surface area (Å²) in [6.07, 6.45) is 11.5. The van der Waals surface area contributed by atoms with Gasteiger partial charge in [-0.3, -0.25) is 9.78 Å². The van der Waals surface area contributed by atoms with Gasteiger partial charge < -0.3 is 9.47 Å². The Labute approximate surface area is 142 Å². The van der Waals surface area contributed by atoms with Gasteiger partial charge in [-0.2, -0.15) is 0 Å². The lowest BCUT2D eigenvalue weighted by Crippen LogP contribution is -2.39. The molecule has 0 aromatic carbocycles. The van der Waals surface area contributed by atoms with E-state index in [1.165, 1.54) is 25.7 Å². The van der Waals surface area contributed by atoms with E-state index < -0.39 is 0 Å². The maximum absolute atomic E-state index is 13.3. The van der Waals surface area contributed by atoms with Crippen LogP contribution in [0.3, 0.4) is 0 Å². The van der Waals surface area contributed by atoms with Gasteiger partial charge in [0.2, 0.25) is 0 Å². The maximum Gasteiger partial charge on any atom is 0.273 e. The fraction of sp³-hybridized carbons (Fsp3) is 0.526. The molecule has 0 radical (unpaired) electrons. The highest BCUT2D eigenvalue weighted by atomic mass is 16.2. The second-order valence-corrected chi connectivity index (χ2v) is 6.99. The largest absolute Gasteiger partial charge is 0.333 e. The minimum Gasteiger partial charge on any atom is -0.333 e. The summed E-state index contributed by atoms with van der Waals surface area (Å²) < 4.78 is 2.24. The van der Waals surface area contributed by atoms with E-state index in [0.29, 0.717) is 11.6 Å². The number of hydrogen-bond donors (Lipinski definition) is 0. The van der Waals surface area contributed by atoms with Crippen LogP contribution in [0.15, 0.2) is 30.7 Å². The molecule has 2 aromatic heterocycles. The number of pyridine rings is 1. The Morgan fingerprint density at radius 1 is 1.12 bits per heavy atom. The first-order valence-corrected chi connectivity index (χ1v) is 8.99. The van der Waals surface area contributed by atoms with Gasteiger partial charge in [0.25, 0.3) is 5.91 Å². The second-order valence-electron chi connectivity index (χ2n) is 6.99. The fourth-order valence-corrected chi connectivity index (χ4v) is 4.28. The first-order valence-electron chi connectivity index (χ1n) is 8.99. The van der Waals surface area contributed by atoms with Crippen LogP contribution in [0.25, 0.3) is 0 Å². The maximum atomic E-state index is 13.3. The van der Waals surface area contributed by atoms with Gasteiger partial charge in [0.05, 0.1) is 6.04 Å². The Bertz CT molecular complexity index is 732. The zero-order valence-corrected chi connectivity index (χ0v) is 14.2. The normalized spacial score (nSPS) is 21.5. The van der Waals surface area contributed by atoms with Crippen LogP contribution in [0.2, 0.25) is 0 Å². The van der Waals surface area contributed by atoms with Crippen molar-refractivity contribution in [3.05, 3.63) is 47.8 Å². The van der Waals surface area contributed by atoms with Gasteiger partial charge in [0.1, 0.15) is 11.5 Å². The van der Waals surface area contributed by atoms with Crippen molar-refractivity contribution in [2.24, 2.45) is 5.92 Å². The molecule has 5 nitrogen and oxygen atoms in total. The third-order valence-electron chi connectivity index (χ3n) is 5.47. The minimum atomic E-state index is 0.0569. The highest BCUT2D eigenvalue weighted by Gasteiger charge is 2.38. The molecule has 4 rings (SSSR count). The van der Waals surface area contributed by atoms with E-state index >= 15 is 0 Å². The topological polar surface area (TPSA) is 51.0 Å². The summed E-state index contributed by atoms with van der Waals surface area (Å²) in [5.41, 5.74) is 1.53. The van der Waals surface area contributed by atoms with Crippen LogP contribution in [-0.4, -0.2) is 31.9 Å². The predicted octanol–water partition coefficient (Wildman–Crippen LogP) is 3.36. The third-order valence-corrected chi connectivity index (χ3v) is 5.47. The van der Waals surface area contributed by atoms with Crippen molar-refractivity contribution in [1.82, 2.24) is 19.4 Å². The standard InChI is InChI=1S/C19H24N4O/c1-14-6-4-9-20-16(14)19(24)23-12-5-11-22-13-10-21-18(22)17(23)15-7-2-3-8-15/h4,6,9-10,13,15,17H,2-3,5,7-8,11-12H2,1H3. The van der Waals surface area contributed by atoms with Gasteiger partial charge in [-0.25, -0.2) is 4.98 Å². The van der Waals surface area contributed by atoms with Gasteiger partial charge >= 0.3 is 0 Å². The molecule has 1 aliphatic carbocycles. The zero-order valence-electron chi connectivity index (χ0n) is 14.2. The average Bonchev–Trinajstić information content (AvgIpc) is 3.24. The van der Waals surface area contributed by atoms with Crippen molar-refractivity contribution in [3.63, 3.8) is 0 Å². The summed E-state index contributed by atoms with van der Waals surface area (Å²) in [6.45, 7) is 3.67. The molecule has 5 heteroatoms. The zero-order chi connectivity index (χ0) is 16.5. The monoisotopic (exact) mass is 324 g/mol. The third kappa shape index (κ3) is 2.62. The Balaban J connectivity index is 1.74. The summed E-state index contributed by atoms with van der Waals surface area (Å²) in [4.78, 5) is 24.4. The number of aromatic nitrogens is 3. The van der Waals surface area contributed by atoms with Crippen LogP contribution >= 0.6 is 0 Å². The molecule has 1 atom stereocenters. The minimum absolute atomic E-state index is 0.0569. The van der Waals surface area contributed by atoms with Gasteiger partial charge in [-0.1, -0.05) is 18.9 Å². The molecular weight excluding hydrogens is 300 g/mol. The molecule has 126 valence electrons. The van der Waals surface area contributed by atoms with Crippen molar-refractivity contribution in [2.45, 2.75) is 51.6 Å². The summed E-state index contributed by atoms with van der Waals surface area (Å²) in [7, 11) is 0. The molecule has 0 N–H and O–H groups in total. The Kier molecular flexibility index (Phi) is 4.08. The molecule has 1 unspecified atom stereocenters. The van der Waals surface area contributed by atoms with Crippen LogP contribution in [0.1, 0.15) is 60.0 Å². The van der Waals surface area contributed by atoms with Crippen molar-refractivity contribution in [3.8, 4) is 0 Å². The Hall–Kier alpha value is -2.17. The highest BCUT2D eigenvalue weighted by Crippen LogP contribution is 2.40. The molecule has 1 amide bonds. The number of hydrogen-bond acceptors (Lipinski definition) is 3. The molecule has 3 heterocycles. The predicted molar refractivity (Wildman–Crippen MR) is 91.6 cm³/mol. The summed E-state index contributed by atoms with van der Waals surface area (Å²) in [5, 5.41) is 0. The van der Waals surface area contributed by atoms with Crippen molar-refractivity contribution in [1.29, 1.82) is 0 Å². The second kappa shape index (κ2) is 6.38. The van der Waals surface area contributed by atoms with Gasteiger partial charge in [0.15, 0.2) is 0 Å². The molecule has 24 heavy (non-hydrogen) atoms. The van der Waals surface area contributed by atoms with E-state index in [0.717, 1.165) is 30.9 Å². The Morgan fingerprint density at radius 2 is 1.96 bits per heavy atom. The van der Waals surface area contributed by atoms with Crippen LogP contribution in [0, 0.1) is 12.8 Å². The molecule has 1 aliphatic heterocycles. The number of nitrogens with zero attached hydrogens (tertiary/aromatic N) is 4. The summed E-state index contributed by atoms with van der Waals surface area (Å²) in [5.74, 6) is 1.63. The van der Waals surface area contributed by atoms with Crippen molar-refractivity contribution >= 4 is 5.91 Å². The van der Waals surface area contributed by atoms with Crippen LogP contribution in [0.5, 0.6) is 0 Å². The molecular formula is C19H24N4O. The van der Waals surface area contributed by atoms with Gasteiger partial charge in [-0.05, 0) is 43.7 Å². The molecule has 0 saturated heterocycles. The van der Waals surface area contributed by atoms with Gasteiger partial charge in [0, 0.05) is 31.7 Å². The molecule has 1 fully saturated rings. The average molecular weight is 324 g/mol. The number of fused-ring (bicyclic) bond motifs is 1. The number of imidazole rings is 1. The first kappa shape index (κ1) is 15.4. The number of rotatable bonds is 2. The lowest BCUT2D eigenvalue weighted by molar-refractivity contribution is 0.0596. The van der Waals surface area contributed by atoms with E-state index in [1.807, 2.05) is 25.3 Å². The van der Waals surface area contributed by atoms with E-state index in [2.05, 4.69) is 25.6 Å². The molecule has 0 spiro atoms. The fourth-order valence-electron chi connectivity index (χ4n) is 4.28. The number of carbonyl (C=O) groups is 1. The van der Waals surface area contributed by atoms with Crippen molar-refractivity contribution < 1.29 is 4.79 Å². The quantitative estimate of drug-likeness (QED) is 0.851. The number of amides is 1. The molecule has 2 aliphatic rings. The Morgan fingerprint density at radius 3 is 2.75 bits per heavy atom. The summed E-state index contributed by atoms with van der Waals surface area (Å²) >= 11 is 0. The van der Waals surface area contributed by atoms with Crippen molar-refractivity contribution in [2.75, 3.05) is 6.54 Å². The van der Waals surface area contributed by atoms with E-state index in [9.17, 15) is 4.79 Å². The van der Waals surface area contributed by atoms with Crippen LogP contribution in [-0.2, 0) is 6.54 Å². The smallest absolute Gasteiger partial charge is 0.273 e. The lowest BCUT2D eigenvalue weighted by Gasteiger charge is -2.33. The van der Waals surface area contributed by atoms with E-state index in [1.54, 1.807) is 6.20 Å². The van der Waals surface area contributed by atoms with Crippen LogP contribution in [0.4, 0.5) is 0 Å². The highest BCUT2D eigenvalue weighted by molar-refractivity contribution is 5.94. The molecule has 1 saturated carbocycles. The SMILES string of the molecule is Cc1cccnc1C(=O)N1CCCn2ccnc2C1C1CCCC1. The number of aryl methyl sites for hydroxylation is 2. The van der Waals surface area contributed by atoms with E-state index in [4.69, 9.17) is 0 Å². The lowest BCUT2D eigenvalue weighted by atomic mass is 9.95. The van der Waals surface area contributed by atoms with Crippen LogP contribution < -0.4 is 0 Å². The van der Waals surface area contributed by atoms with Gasteiger partial charge in [-0.15, -0.1) is 0 Å². The number of carbonyl (C=O) groups excluding carboxylic acids is 1. The molecule has 2 aromatic rings. The first-order chi connectivity index (χ1) is 11.8. The summed E-state index contributed by atoms with van der Waals surface area (Å²) in [6, 6.07) is 3.93. The van der Waals surface area contributed by atoms with E-state index in [-0.39, 0.29) is 11.9 Å². The molecule has 0 bridgehead atoms.